The SMILES string of the molecule is Cc1nccn1CCCNc1cc(N2CCC(O)CC2)ncn1. The van der Waals surface area contributed by atoms with Gasteiger partial charge in [0, 0.05) is 44.6 Å². The lowest BCUT2D eigenvalue weighted by Gasteiger charge is -2.30. The van der Waals surface area contributed by atoms with Crippen molar-refractivity contribution in [3.8, 4) is 0 Å². The number of aryl methyl sites for hydroxylation is 2. The number of hydrogen-bond acceptors (Lipinski definition) is 6. The summed E-state index contributed by atoms with van der Waals surface area (Å²) >= 11 is 0. The van der Waals surface area contributed by atoms with Crippen molar-refractivity contribution < 1.29 is 5.11 Å². The summed E-state index contributed by atoms with van der Waals surface area (Å²) in [5, 5.41) is 12.9. The zero-order valence-corrected chi connectivity index (χ0v) is 13.5. The van der Waals surface area contributed by atoms with E-state index < -0.39 is 0 Å². The van der Waals surface area contributed by atoms with Crippen molar-refractivity contribution in [2.45, 2.75) is 38.8 Å². The van der Waals surface area contributed by atoms with Gasteiger partial charge in [0.15, 0.2) is 0 Å². The number of imidazole rings is 1. The number of hydrogen-bond donors (Lipinski definition) is 2. The van der Waals surface area contributed by atoms with Gasteiger partial charge in [0.2, 0.25) is 0 Å². The molecular formula is C16H24N6O. The van der Waals surface area contributed by atoms with E-state index in [0.717, 1.165) is 62.9 Å². The Balaban J connectivity index is 1.48. The third kappa shape index (κ3) is 4.19. The van der Waals surface area contributed by atoms with Crippen LogP contribution in [0.1, 0.15) is 25.1 Å². The molecule has 3 heterocycles. The molecule has 2 aromatic rings. The maximum atomic E-state index is 9.59. The molecule has 0 bridgehead atoms. The van der Waals surface area contributed by atoms with Gasteiger partial charge in [-0.05, 0) is 26.2 Å². The zero-order valence-electron chi connectivity index (χ0n) is 13.5. The highest BCUT2D eigenvalue weighted by atomic mass is 16.3. The van der Waals surface area contributed by atoms with Gasteiger partial charge in [0.25, 0.3) is 0 Å². The first-order valence-corrected chi connectivity index (χ1v) is 8.19. The van der Waals surface area contributed by atoms with Crippen LogP contribution in [0, 0.1) is 6.92 Å². The standard InChI is InChI=1S/C16H24N6O/c1-13-17-6-10-21(13)7-2-5-18-15-11-16(20-12-19-15)22-8-3-14(23)4-9-22/h6,10-12,14,23H,2-5,7-9H2,1H3,(H,18,19,20). The van der Waals surface area contributed by atoms with E-state index in [1.54, 1.807) is 6.33 Å². The molecule has 1 saturated heterocycles. The summed E-state index contributed by atoms with van der Waals surface area (Å²) in [4.78, 5) is 15.1. The Kier molecular flexibility index (Phi) is 5.07. The zero-order chi connectivity index (χ0) is 16.1. The summed E-state index contributed by atoms with van der Waals surface area (Å²) < 4.78 is 2.14. The first-order valence-electron chi connectivity index (χ1n) is 8.19. The number of anilines is 2. The predicted octanol–water partition coefficient (Wildman–Crippen LogP) is 1.44. The molecule has 2 aromatic heterocycles. The van der Waals surface area contributed by atoms with Gasteiger partial charge in [0.05, 0.1) is 6.10 Å². The molecule has 2 N–H and O–H groups in total. The highest BCUT2D eigenvalue weighted by Crippen LogP contribution is 2.19. The Labute approximate surface area is 136 Å². The Hall–Kier alpha value is -2.15. The average molecular weight is 316 g/mol. The normalized spacial score (nSPS) is 15.8. The lowest BCUT2D eigenvalue weighted by atomic mass is 10.1. The number of aliphatic hydroxyl groups excluding tert-OH is 1. The molecule has 124 valence electrons. The molecule has 7 heteroatoms. The molecule has 1 aliphatic heterocycles. The second-order valence-electron chi connectivity index (χ2n) is 5.93. The van der Waals surface area contributed by atoms with Crippen LogP contribution in [0.25, 0.3) is 0 Å². The molecule has 0 spiro atoms. The van der Waals surface area contributed by atoms with E-state index in [2.05, 4.69) is 29.7 Å². The van der Waals surface area contributed by atoms with Crippen molar-refractivity contribution in [3.05, 3.63) is 30.6 Å². The van der Waals surface area contributed by atoms with Gasteiger partial charge in [-0.3, -0.25) is 0 Å². The molecule has 0 atom stereocenters. The molecule has 3 rings (SSSR count). The van der Waals surface area contributed by atoms with E-state index in [1.165, 1.54) is 0 Å². The topological polar surface area (TPSA) is 79.1 Å². The maximum absolute atomic E-state index is 9.59. The van der Waals surface area contributed by atoms with Crippen molar-refractivity contribution in [1.29, 1.82) is 0 Å². The summed E-state index contributed by atoms with van der Waals surface area (Å²) in [6, 6.07) is 1.99. The van der Waals surface area contributed by atoms with Gasteiger partial charge in [-0.1, -0.05) is 0 Å². The van der Waals surface area contributed by atoms with E-state index in [9.17, 15) is 5.11 Å². The van der Waals surface area contributed by atoms with Crippen LogP contribution in [0.3, 0.4) is 0 Å². The van der Waals surface area contributed by atoms with Crippen molar-refractivity contribution in [1.82, 2.24) is 19.5 Å². The Bertz CT molecular complexity index is 621. The third-order valence-corrected chi connectivity index (χ3v) is 4.25. The van der Waals surface area contributed by atoms with Crippen molar-refractivity contribution >= 4 is 11.6 Å². The first kappa shape index (κ1) is 15.7. The number of piperidine rings is 1. The molecule has 1 aliphatic rings. The fraction of sp³-hybridized carbons (Fsp3) is 0.562. The summed E-state index contributed by atoms with van der Waals surface area (Å²) in [7, 11) is 0. The number of aromatic nitrogens is 4. The molecule has 0 amide bonds. The van der Waals surface area contributed by atoms with Crippen LogP contribution in [0.15, 0.2) is 24.8 Å². The Morgan fingerprint density at radius 3 is 2.83 bits per heavy atom. The lowest BCUT2D eigenvalue weighted by molar-refractivity contribution is 0.145. The largest absolute Gasteiger partial charge is 0.393 e. The van der Waals surface area contributed by atoms with Crippen LogP contribution in [0.4, 0.5) is 11.6 Å². The van der Waals surface area contributed by atoms with Crippen LogP contribution in [0.5, 0.6) is 0 Å². The maximum Gasteiger partial charge on any atom is 0.134 e. The quantitative estimate of drug-likeness (QED) is 0.785. The predicted molar refractivity (Wildman–Crippen MR) is 89.6 cm³/mol. The number of nitrogens with zero attached hydrogens (tertiary/aromatic N) is 5. The first-order chi connectivity index (χ1) is 11.2. The van der Waals surface area contributed by atoms with Gasteiger partial charge >= 0.3 is 0 Å². The van der Waals surface area contributed by atoms with Crippen LogP contribution < -0.4 is 10.2 Å². The molecule has 7 nitrogen and oxygen atoms in total. The summed E-state index contributed by atoms with van der Waals surface area (Å²) in [5.41, 5.74) is 0. The van der Waals surface area contributed by atoms with Crippen LogP contribution >= 0.6 is 0 Å². The van der Waals surface area contributed by atoms with Gasteiger partial charge in [0.1, 0.15) is 23.8 Å². The minimum absolute atomic E-state index is 0.169. The van der Waals surface area contributed by atoms with Crippen LogP contribution in [-0.4, -0.2) is 50.4 Å². The van der Waals surface area contributed by atoms with Gasteiger partial charge in [-0.2, -0.15) is 0 Å². The molecule has 0 unspecified atom stereocenters. The van der Waals surface area contributed by atoms with Gasteiger partial charge in [-0.15, -0.1) is 0 Å². The van der Waals surface area contributed by atoms with E-state index in [0.29, 0.717) is 0 Å². The summed E-state index contributed by atoms with van der Waals surface area (Å²) in [6.07, 6.45) is 7.87. The van der Waals surface area contributed by atoms with Crippen molar-refractivity contribution in [2.75, 3.05) is 29.9 Å². The molecule has 0 aliphatic carbocycles. The number of aliphatic hydroxyl groups is 1. The van der Waals surface area contributed by atoms with Crippen molar-refractivity contribution in [3.63, 3.8) is 0 Å². The van der Waals surface area contributed by atoms with E-state index in [4.69, 9.17) is 0 Å². The second-order valence-corrected chi connectivity index (χ2v) is 5.93. The number of rotatable bonds is 6. The molecule has 1 fully saturated rings. The molecular weight excluding hydrogens is 292 g/mol. The molecule has 0 saturated carbocycles. The summed E-state index contributed by atoms with van der Waals surface area (Å²) in [5.74, 6) is 2.82. The van der Waals surface area contributed by atoms with Crippen molar-refractivity contribution in [2.24, 2.45) is 0 Å². The monoisotopic (exact) mass is 316 g/mol. The van der Waals surface area contributed by atoms with E-state index in [1.807, 2.05) is 25.4 Å². The second kappa shape index (κ2) is 7.41. The van der Waals surface area contributed by atoms with E-state index >= 15 is 0 Å². The number of nitrogens with one attached hydrogen (secondary N) is 1. The van der Waals surface area contributed by atoms with E-state index in [-0.39, 0.29) is 6.10 Å². The third-order valence-electron chi connectivity index (χ3n) is 4.25. The lowest BCUT2D eigenvalue weighted by Crippen LogP contribution is -2.36. The highest BCUT2D eigenvalue weighted by molar-refractivity contribution is 5.48. The summed E-state index contributed by atoms with van der Waals surface area (Å²) in [6.45, 7) is 5.50. The van der Waals surface area contributed by atoms with Gasteiger partial charge in [-0.25, -0.2) is 15.0 Å². The smallest absolute Gasteiger partial charge is 0.134 e. The minimum atomic E-state index is -0.169. The average Bonchev–Trinajstić information content (AvgIpc) is 2.98. The molecule has 23 heavy (non-hydrogen) atoms. The highest BCUT2D eigenvalue weighted by Gasteiger charge is 2.18. The Morgan fingerprint density at radius 2 is 2.09 bits per heavy atom. The minimum Gasteiger partial charge on any atom is -0.393 e. The molecule has 0 aromatic carbocycles. The van der Waals surface area contributed by atoms with Crippen LogP contribution in [-0.2, 0) is 6.54 Å². The van der Waals surface area contributed by atoms with Crippen LogP contribution in [0.2, 0.25) is 0 Å². The fourth-order valence-electron chi connectivity index (χ4n) is 2.82. The molecule has 0 radical (unpaired) electrons. The Morgan fingerprint density at radius 1 is 1.26 bits per heavy atom. The fourth-order valence-corrected chi connectivity index (χ4v) is 2.82. The van der Waals surface area contributed by atoms with Gasteiger partial charge < -0.3 is 19.9 Å².